The van der Waals surface area contributed by atoms with Gasteiger partial charge in [-0.05, 0) is 46.1 Å². The Labute approximate surface area is 188 Å². The largest absolute Gasteiger partial charge is 0.514 e. The van der Waals surface area contributed by atoms with Crippen molar-refractivity contribution in [1.29, 1.82) is 0 Å². The number of rotatable bonds is 7. The molecule has 0 fully saturated rings. The average molecular weight is 439 g/mol. The highest BCUT2D eigenvalue weighted by Crippen LogP contribution is 2.44. The highest BCUT2D eigenvalue weighted by atomic mass is 16.7. The molecular formula is C26H30O6. The number of fused-ring (bicyclic) bond motifs is 2. The molecule has 0 bridgehead atoms. The first-order valence-corrected chi connectivity index (χ1v) is 11.0. The van der Waals surface area contributed by atoms with Crippen LogP contribution in [0.5, 0.6) is 11.5 Å². The van der Waals surface area contributed by atoms with Gasteiger partial charge in [0.15, 0.2) is 5.75 Å². The fraction of sp³-hybridized carbons (Fsp3) is 0.385. The lowest BCUT2D eigenvalue weighted by atomic mass is 9.94. The number of carbonyl (C=O) groups is 2. The number of carbonyl (C=O) groups excluding carboxylic acids is 2. The van der Waals surface area contributed by atoms with Gasteiger partial charge in [-0.15, -0.1) is 0 Å². The minimum atomic E-state index is -0.779. The summed E-state index contributed by atoms with van der Waals surface area (Å²) in [4.78, 5) is 24.9. The number of ether oxygens (including phenoxy) is 4. The smallest absolute Gasteiger partial charge is 0.431 e. The average Bonchev–Trinajstić information content (AvgIpc) is 2.73. The molecule has 0 atom stereocenters. The van der Waals surface area contributed by atoms with Gasteiger partial charge >= 0.3 is 12.3 Å². The van der Waals surface area contributed by atoms with Crippen LogP contribution in [0, 0.1) is 0 Å². The molecule has 0 aliphatic heterocycles. The van der Waals surface area contributed by atoms with E-state index in [9.17, 15) is 9.59 Å². The first-order valence-electron chi connectivity index (χ1n) is 11.0. The Kier molecular flexibility index (Phi) is 7.57. The summed E-state index contributed by atoms with van der Waals surface area (Å²) in [6.45, 7) is 9.17. The van der Waals surface area contributed by atoms with Gasteiger partial charge in [0.25, 0.3) is 0 Å². The van der Waals surface area contributed by atoms with Gasteiger partial charge in [-0.25, -0.2) is 9.59 Å². The fourth-order valence-electron chi connectivity index (χ4n) is 3.61. The summed E-state index contributed by atoms with van der Waals surface area (Å²) in [5.74, 6) is 0.779. The topological polar surface area (TPSA) is 71.1 Å². The van der Waals surface area contributed by atoms with Gasteiger partial charge in [-0.2, -0.15) is 0 Å². The van der Waals surface area contributed by atoms with Crippen LogP contribution in [0.15, 0.2) is 42.5 Å². The Morgan fingerprint density at radius 3 is 1.84 bits per heavy atom. The lowest BCUT2D eigenvalue weighted by Crippen LogP contribution is -2.17. The van der Waals surface area contributed by atoms with Crippen LogP contribution in [-0.2, 0) is 15.9 Å². The summed E-state index contributed by atoms with van der Waals surface area (Å²) in [6.07, 6.45) is 0.592. The highest BCUT2D eigenvalue weighted by Gasteiger charge is 2.23. The molecule has 3 rings (SSSR count). The quantitative estimate of drug-likeness (QED) is 0.221. The molecule has 0 N–H and O–H groups in total. The van der Waals surface area contributed by atoms with Gasteiger partial charge in [0.05, 0.1) is 12.2 Å². The van der Waals surface area contributed by atoms with E-state index >= 15 is 0 Å². The van der Waals surface area contributed by atoms with E-state index in [1.807, 2.05) is 42.5 Å². The Morgan fingerprint density at radius 1 is 0.750 bits per heavy atom. The minimum absolute atomic E-state index is 0.312. The third-order valence-corrected chi connectivity index (χ3v) is 4.87. The number of hydrogen-bond donors (Lipinski definition) is 0. The van der Waals surface area contributed by atoms with Gasteiger partial charge in [0, 0.05) is 21.5 Å². The van der Waals surface area contributed by atoms with Crippen LogP contribution in [0.3, 0.4) is 0 Å². The molecule has 0 aliphatic carbocycles. The molecule has 0 saturated carbocycles. The van der Waals surface area contributed by atoms with Gasteiger partial charge in [-0.1, -0.05) is 55.8 Å². The van der Waals surface area contributed by atoms with Crippen molar-refractivity contribution in [2.45, 2.75) is 66.1 Å². The number of hydrogen-bond acceptors (Lipinski definition) is 6. The molecule has 0 radical (unpaired) electrons. The van der Waals surface area contributed by atoms with Crippen molar-refractivity contribution in [1.82, 2.24) is 0 Å². The normalized spacial score (nSPS) is 11.2. The predicted molar refractivity (Wildman–Crippen MR) is 125 cm³/mol. The third kappa shape index (κ3) is 5.31. The molecule has 0 saturated heterocycles. The summed E-state index contributed by atoms with van der Waals surface area (Å²) >= 11 is 0. The number of unbranched alkanes of at least 4 members (excludes halogenated alkanes) is 1. The summed E-state index contributed by atoms with van der Waals surface area (Å²) in [5, 5.41) is 2.69. The van der Waals surface area contributed by atoms with Crippen LogP contribution in [-0.4, -0.2) is 24.5 Å². The van der Waals surface area contributed by atoms with E-state index in [0.717, 1.165) is 30.2 Å². The number of aryl methyl sites for hydroxylation is 1. The lowest BCUT2D eigenvalue weighted by molar-refractivity contribution is 0.0719. The standard InChI is InChI=1S/C26H30O6/c1-6-7-11-18-12-10-15-21-22(18)24(32-26(28)30-17(4)5)20-14-9-8-13-19(20)23(21)31-25(27)29-16(2)3/h8-10,12-17H,6-7,11H2,1-5H3. The van der Waals surface area contributed by atoms with E-state index in [0.29, 0.717) is 27.7 Å². The molecule has 0 spiro atoms. The molecule has 3 aromatic carbocycles. The van der Waals surface area contributed by atoms with E-state index in [1.54, 1.807) is 27.7 Å². The Morgan fingerprint density at radius 2 is 1.28 bits per heavy atom. The van der Waals surface area contributed by atoms with E-state index in [1.165, 1.54) is 0 Å². The molecule has 170 valence electrons. The second kappa shape index (κ2) is 10.4. The van der Waals surface area contributed by atoms with Crippen molar-refractivity contribution < 1.29 is 28.5 Å². The maximum absolute atomic E-state index is 12.5. The SMILES string of the molecule is CCCCc1cccc2c(OC(=O)OC(C)C)c3ccccc3c(OC(=O)OC(C)C)c12. The zero-order valence-electron chi connectivity index (χ0n) is 19.3. The predicted octanol–water partition coefficient (Wildman–Crippen LogP) is 7.18. The Bertz CT molecular complexity index is 1120. The molecule has 32 heavy (non-hydrogen) atoms. The van der Waals surface area contributed by atoms with E-state index in [4.69, 9.17) is 18.9 Å². The summed E-state index contributed by atoms with van der Waals surface area (Å²) in [7, 11) is 0. The Hall–Kier alpha value is -3.28. The maximum atomic E-state index is 12.5. The molecule has 6 nitrogen and oxygen atoms in total. The van der Waals surface area contributed by atoms with E-state index in [2.05, 4.69) is 6.92 Å². The van der Waals surface area contributed by atoms with Crippen LogP contribution in [0.25, 0.3) is 21.5 Å². The summed E-state index contributed by atoms with van der Waals surface area (Å²) in [5.41, 5.74) is 1.00. The van der Waals surface area contributed by atoms with Crippen molar-refractivity contribution >= 4 is 33.9 Å². The van der Waals surface area contributed by atoms with Gasteiger partial charge in [-0.3, -0.25) is 0 Å². The third-order valence-electron chi connectivity index (χ3n) is 4.87. The fourth-order valence-corrected chi connectivity index (χ4v) is 3.61. The molecule has 3 aromatic rings. The molecule has 0 aliphatic rings. The van der Waals surface area contributed by atoms with E-state index in [-0.39, 0.29) is 12.2 Å². The molecular weight excluding hydrogens is 408 g/mol. The molecule has 0 amide bonds. The van der Waals surface area contributed by atoms with Crippen molar-refractivity contribution in [2.75, 3.05) is 0 Å². The van der Waals surface area contributed by atoms with Crippen molar-refractivity contribution in [3.05, 3.63) is 48.0 Å². The van der Waals surface area contributed by atoms with Gasteiger partial charge in [0.2, 0.25) is 0 Å². The van der Waals surface area contributed by atoms with Crippen LogP contribution in [0.4, 0.5) is 9.59 Å². The number of benzene rings is 3. The summed E-state index contributed by atoms with van der Waals surface area (Å²) in [6, 6.07) is 13.1. The second-order valence-electron chi connectivity index (χ2n) is 8.18. The molecule has 0 aromatic heterocycles. The monoisotopic (exact) mass is 438 g/mol. The minimum Gasteiger partial charge on any atom is -0.431 e. The lowest BCUT2D eigenvalue weighted by Gasteiger charge is -2.19. The van der Waals surface area contributed by atoms with Gasteiger partial charge < -0.3 is 18.9 Å². The highest BCUT2D eigenvalue weighted by molar-refractivity contribution is 6.13. The van der Waals surface area contributed by atoms with Crippen LogP contribution in [0.2, 0.25) is 0 Å². The van der Waals surface area contributed by atoms with Crippen molar-refractivity contribution in [2.24, 2.45) is 0 Å². The van der Waals surface area contributed by atoms with Crippen LogP contribution >= 0.6 is 0 Å². The Balaban J connectivity index is 2.28. The van der Waals surface area contributed by atoms with Crippen molar-refractivity contribution in [3.63, 3.8) is 0 Å². The maximum Gasteiger partial charge on any atom is 0.514 e. The second-order valence-corrected chi connectivity index (χ2v) is 8.18. The van der Waals surface area contributed by atoms with Crippen molar-refractivity contribution in [3.8, 4) is 11.5 Å². The zero-order valence-corrected chi connectivity index (χ0v) is 19.3. The molecule has 6 heteroatoms. The van der Waals surface area contributed by atoms with Gasteiger partial charge in [0.1, 0.15) is 5.75 Å². The van der Waals surface area contributed by atoms with E-state index < -0.39 is 12.3 Å². The molecule has 0 unspecified atom stereocenters. The zero-order chi connectivity index (χ0) is 23.3. The van der Waals surface area contributed by atoms with Crippen LogP contribution in [0.1, 0.15) is 53.0 Å². The molecule has 0 heterocycles. The first-order chi connectivity index (χ1) is 15.3. The first kappa shape index (κ1) is 23.4. The summed E-state index contributed by atoms with van der Waals surface area (Å²) < 4.78 is 21.9. The van der Waals surface area contributed by atoms with Crippen LogP contribution < -0.4 is 9.47 Å².